The average Bonchev–Trinajstić information content (AvgIpc) is 2.71. The molecule has 0 bridgehead atoms. The summed E-state index contributed by atoms with van der Waals surface area (Å²) in [6.45, 7) is 3.15. The minimum absolute atomic E-state index is 0.125. The van der Waals surface area contributed by atoms with Crippen molar-refractivity contribution in [3.63, 3.8) is 0 Å². The topological polar surface area (TPSA) is 64.1 Å². The first-order valence-corrected chi connectivity index (χ1v) is 6.31. The lowest BCUT2D eigenvalue weighted by Crippen LogP contribution is -2.11. The van der Waals surface area contributed by atoms with Gasteiger partial charge >= 0.3 is 0 Å². The van der Waals surface area contributed by atoms with Crippen LogP contribution in [0.3, 0.4) is 0 Å². The molecule has 4 nitrogen and oxygen atoms in total. The molecule has 0 radical (unpaired) electrons. The van der Waals surface area contributed by atoms with Gasteiger partial charge in [-0.25, -0.2) is 4.98 Å². The van der Waals surface area contributed by atoms with Crippen LogP contribution in [0.5, 0.6) is 5.75 Å². The highest BCUT2D eigenvalue weighted by molar-refractivity contribution is 5.69. The Bertz CT molecular complexity index is 601. The summed E-state index contributed by atoms with van der Waals surface area (Å²) in [4.78, 5) is 4.72. The second-order valence-corrected chi connectivity index (χ2v) is 4.84. The van der Waals surface area contributed by atoms with Crippen LogP contribution in [0, 0.1) is 6.92 Å². The maximum absolute atomic E-state index is 9.47. The zero-order valence-corrected chi connectivity index (χ0v) is 10.5. The summed E-state index contributed by atoms with van der Waals surface area (Å²) < 4.78 is 2.29. The summed E-state index contributed by atoms with van der Waals surface area (Å²) in [5.74, 6) is 1.29. The smallest absolute Gasteiger partial charge is 0.138 e. The maximum atomic E-state index is 9.47. The van der Waals surface area contributed by atoms with Gasteiger partial charge in [-0.3, -0.25) is 0 Å². The van der Waals surface area contributed by atoms with Gasteiger partial charge in [0.1, 0.15) is 11.6 Å². The van der Waals surface area contributed by atoms with Gasteiger partial charge in [-0.1, -0.05) is 0 Å². The third kappa shape index (κ3) is 1.65. The molecule has 0 saturated heterocycles. The molecule has 2 heterocycles. The van der Waals surface area contributed by atoms with Crippen LogP contribution in [0.2, 0.25) is 0 Å². The molecule has 2 aromatic rings. The standard InChI is InChI=1S/C14H17N3O/c1-9-14(10-5-6-12(18)11(15)8-10)16-13-4-2-3-7-17(9)13/h5-6,8,18H,2-4,7,15H2,1H3. The van der Waals surface area contributed by atoms with Gasteiger partial charge in [-0.15, -0.1) is 0 Å². The Morgan fingerprint density at radius 1 is 1.33 bits per heavy atom. The molecule has 0 atom stereocenters. The Morgan fingerprint density at radius 2 is 2.17 bits per heavy atom. The number of aromatic nitrogens is 2. The number of nitrogen functional groups attached to an aromatic ring is 1. The normalized spacial score (nSPS) is 14.5. The number of aromatic hydroxyl groups is 1. The molecule has 3 rings (SSSR count). The first-order valence-electron chi connectivity index (χ1n) is 6.31. The SMILES string of the molecule is Cc1c(-c2ccc(O)c(N)c2)nc2n1CCCC2. The fourth-order valence-electron chi connectivity index (χ4n) is 2.61. The van der Waals surface area contributed by atoms with Gasteiger partial charge in [0, 0.05) is 24.2 Å². The Hall–Kier alpha value is -1.97. The molecule has 3 N–H and O–H groups in total. The molecule has 1 aliphatic rings. The van der Waals surface area contributed by atoms with Crippen molar-refractivity contribution in [3.8, 4) is 17.0 Å². The number of rotatable bonds is 1. The summed E-state index contributed by atoms with van der Waals surface area (Å²) in [7, 11) is 0. The second kappa shape index (κ2) is 4.05. The second-order valence-electron chi connectivity index (χ2n) is 4.84. The minimum atomic E-state index is 0.125. The fraction of sp³-hybridized carbons (Fsp3) is 0.357. The lowest BCUT2D eigenvalue weighted by Gasteiger charge is -2.14. The number of fused-ring (bicyclic) bond motifs is 1. The van der Waals surface area contributed by atoms with E-state index in [1.807, 2.05) is 6.07 Å². The van der Waals surface area contributed by atoms with Crippen LogP contribution in [-0.2, 0) is 13.0 Å². The average molecular weight is 243 g/mol. The van der Waals surface area contributed by atoms with Gasteiger partial charge in [-0.2, -0.15) is 0 Å². The monoisotopic (exact) mass is 243 g/mol. The molecule has 0 spiro atoms. The first-order chi connectivity index (χ1) is 8.66. The number of benzene rings is 1. The van der Waals surface area contributed by atoms with E-state index in [0.717, 1.165) is 24.2 Å². The summed E-state index contributed by atoms with van der Waals surface area (Å²) in [5.41, 5.74) is 9.30. The van der Waals surface area contributed by atoms with E-state index in [0.29, 0.717) is 5.69 Å². The fourth-order valence-corrected chi connectivity index (χ4v) is 2.61. The van der Waals surface area contributed by atoms with Crippen LogP contribution >= 0.6 is 0 Å². The van der Waals surface area contributed by atoms with Gasteiger partial charge in [0.2, 0.25) is 0 Å². The number of hydrogen-bond donors (Lipinski definition) is 2. The van der Waals surface area contributed by atoms with Crippen molar-refractivity contribution in [1.29, 1.82) is 0 Å². The van der Waals surface area contributed by atoms with E-state index in [9.17, 15) is 5.11 Å². The molecule has 1 aliphatic heterocycles. The van der Waals surface area contributed by atoms with Crippen molar-refractivity contribution < 1.29 is 5.11 Å². The number of nitrogens with two attached hydrogens (primary N) is 1. The van der Waals surface area contributed by atoms with E-state index >= 15 is 0 Å². The van der Waals surface area contributed by atoms with Crippen LogP contribution < -0.4 is 5.73 Å². The van der Waals surface area contributed by atoms with E-state index in [4.69, 9.17) is 10.7 Å². The molecular weight excluding hydrogens is 226 g/mol. The van der Waals surface area contributed by atoms with Crippen molar-refractivity contribution in [2.45, 2.75) is 32.7 Å². The maximum Gasteiger partial charge on any atom is 0.138 e. The lowest BCUT2D eigenvalue weighted by atomic mass is 10.1. The highest BCUT2D eigenvalue weighted by Gasteiger charge is 2.18. The summed E-state index contributed by atoms with van der Waals surface area (Å²) in [5, 5.41) is 9.47. The summed E-state index contributed by atoms with van der Waals surface area (Å²) >= 11 is 0. The van der Waals surface area contributed by atoms with Gasteiger partial charge in [0.15, 0.2) is 0 Å². The van der Waals surface area contributed by atoms with Crippen molar-refractivity contribution in [3.05, 3.63) is 29.7 Å². The first kappa shape index (κ1) is 11.1. The quantitative estimate of drug-likeness (QED) is 0.597. The highest BCUT2D eigenvalue weighted by Crippen LogP contribution is 2.31. The van der Waals surface area contributed by atoms with E-state index in [-0.39, 0.29) is 5.75 Å². The number of anilines is 1. The molecule has 94 valence electrons. The van der Waals surface area contributed by atoms with Crippen molar-refractivity contribution in [2.75, 3.05) is 5.73 Å². The van der Waals surface area contributed by atoms with Gasteiger partial charge in [0.25, 0.3) is 0 Å². The summed E-state index contributed by atoms with van der Waals surface area (Å²) in [6, 6.07) is 5.28. The molecule has 0 fully saturated rings. The molecule has 0 saturated carbocycles. The molecule has 18 heavy (non-hydrogen) atoms. The number of nitrogens with zero attached hydrogens (tertiary/aromatic N) is 2. The van der Waals surface area contributed by atoms with Crippen LogP contribution in [0.25, 0.3) is 11.3 Å². The molecular formula is C14H17N3O. The van der Waals surface area contributed by atoms with E-state index < -0.39 is 0 Å². The number of phenolic OH excluding ortho intramolecular Hbond substituents is 1. The molecule has 0 unspecified atom stereocenters. The zero-order valence-electron chi connectivity index (χ0n) is 10.5. The van der Waals surface area contributed by atoms with E-state index in [1.165, 1.54) is 24.4 Å². The number of phenols is 1. The van der Waals surface area contributed by atoms with E-state index in [2.05, 4.69) is 11.5 Å². The van der Waals surface area contributed by atoms with Crippen molar-refractivity contribution in [1.82, 2.24) is 9.55 Å². The Labute approximate surface area is 106 Å². The molecule has 4 heteroatoms. The van der Waals surface area contributed by atoms with Crippen LogP contribution in [-0.4, -0.2) is 14.7 Å². The van der Waals surface area contributed by atoms with E-state index in [1.54, 1.807) is 12.1 Å². The van der Waals surface area contributed by atoms with Crippen LogP contribution in [0.4, 0.5) is 5.69 Å². The third-order valence-corrected chi connectivity index (χ3v) is 3.63. The Kier molecular flexibility index (Phi) is 2.51. The number of imidazole rings is 1. The van der Waals surface area contributed by atoms with Gasteiger partial charge in [0.05, 0.1) is 11.4 Å². The highest BCUT2D eigenvalue weighted by atomic mass is 16.3. The predicted octanol–water partition coefficient (Wildman–Crippen LogP) is 2.48. The number of hydrogen-bond acceptors (Lipinski definition) is 3. The summed E-state index contributed by atoms with van der Waals surface area (Å²) in [6.07, 6.45) is 3.49. The van der Waals surface area contributed by atoms with Crippen molar-refractivity contribution >= 4 is 5.69 Å². The molecule has 0 amide bonds. The molecule has 1 aromatic heterocycles. The lowest BCUT2D eigenvalue weighted by molar-refractivity contribution is 0.478. The van der Waals surface area contributed by atoms with Gasteiger partial charge in [-0.05, 0) is 38.0 Å². The Morgan fingerprint density at radius 3 is 2.89 bits per heavy atom. The minimum Gasteiger partial charge on any atom is -0.506 e. The predicted molar refractivity (Wildman–Crippen MR) is 71.4 cm³/mol. The number of aryl methyl sites for hydroxylation is 1. The Balaban J connectivity index is 2.11. The third-order valence-electron chi connectivity index (χ3n) is 3.63. The van der Waals surface area contributed by atoms with Crippen LogP contribution in [0.1, 0.15) is 24.4 Å². The zero-order chi connectivity index (χ0) is 12.7. The largest absolute Gasteiger partial charge is 0.506 e. The molecule has 0 aliphatic carbocycles. The van der Waals surface area contributed by atoms with Crippen molar-refractivity contribution in [2.24, 2.45) is 0 Å². The van der Waals surface area contributed by atoms with Gasteiger partial charge < -0.3 is 15.4 Å². The van der Waals surface area contributed by atoms with Crippen LogP contribution in [0.15, 0.2) is 18.2 Å². The molecule has 1 aromatic carbocycles.